The standard InChI is InChI=1S/C40H36N6O4S/c1-49-30-6-2-4-25-26(30)14-16-27(25)43-38-36-24(17-18-41-38)20-31(51-36)33-32(37-44-40(48)50-45-37)28(15-9-21-7-10-22(11-8-21)23-12-13-23)42-35-29-5-3-19-46(29)39(47)34(33)35/h2,4,6-8,10-11,17-18,20,23,27,29H,3,5,9,12-16,19H2,1H3,(H,41,43)(H,44,45,48)/t27-,29+/m0/s1. The van der Waals surface area contributed by atoms with Gasteiger partial charge in [0.05, 0.1) is 46.4 Å². The van der Waals surface area contributed by atoms with Crippen LogP contribution in [0.15, 0.2) is 70.1 Å². The van der Waals surface area contributed by atoms with E-state index in [-0.39, 0.29) is 23.8 Å². The van der Waals surface area contributed by atoms with Crippen LogP contribution in [-0.4, -0.2) is 44.6 Å². The van der Waals surface area contributed by atoms with E-state index in [0.717, 1.165) is 75.6 Å². The Morgan fingerprint density at radius 3 is 2.71 bits per heavy atom. The van der Waals surface area contributed by atoms with Gasteiger partial charge in [0.25, 0.3) is 5.91 Å². The molecule has 0 bridgehead atoms. The summed E-state index contributed by atoms with van der Waals surface area (Å²) in [5, 5.41) is 8.95. The molecule has 11 heteroatoms. The maximum absolute atomic E-state index is 14.3. The van der Waals surface area contributed by atoms with E-state index in [1.807, 2.05) is 29.3 Å². The number of hydrogen-bond acceptors (Lipinski definition) is 9. The number of thiophene rings is 1. The fourth-order valence-corrected chi connectivity index (χ4v) is 9.69. The van der Waals surface area contributed by atoms with Crippen LogP contribution in [0.5, 0.6) is 5.75 Å². The van der Waals surface area contributed by atoms with Crippen LogP contribution in [-0.2, 0) is 19.3 Å². The molecule has 2 atom stereocenters. The molecule has 1 saturated heterocycles. The van der Waals surface area contributed by atoms with Gasteiger partial charge in [-0.2, -0.15) is 0 Å². The van der Waals surface area contributed by atoms with Crippen molar-refractivity contribution >= 4 is 33.1 Å². The first-order chi connectivity index (χ1) is 25.0. The van der Waals surface area contributed by atoms with Crippen LogP contribution < -0.4 is 15.8 Å². The molecule has 4 aromatic heterocycles. The summed E-state index contributed by atoms with van der Waals surface area (Å²) in [5.74, 6) is 2.04. The zero-order chi connectivity index (χ0) is 34.2. The molecule has 0 spiro atoms. The largest absolute Gasteiger partial charge is 0.496 e. The van der Waals surface area contributed by atoms with E-state index in [2.05, 4.69) is 51.9 Å². The summed E-state index contributed by atoms with van der Waals surface area (Å²) < 4.78 is 11.7. The maximum Gasteiger partial charge on any atom is 0.439 e. The van der Waals surface area contributed by atoms with E-state index < -0.39 is 5.76 Å². The van der Waals surface area contributed by atoms with Gasteiger partial charge in [-0.05, 0) is 103 Å². The molecule has 2 fully saturated rings. The number of pyridine rings is 2. The lowest BCUT2D eigenvalue weighted by Crippen LogP contribution is -2.22. The lowest BCUT2D eigenvalue weighted by Gasteiger charge is -2.17. The summed E-state index contributed by atoms with van der Waals surface area (Å²) in [7, 11) is 1.72. The number of hydrogen-bond donors (Lipinski definition) is 2. The summed E-state index contributed by atoms with van der Waals surface area (Å²) in [4.78, 5) is 42.4. The molecular weight excluding hydrogens is 661 g/mol. The highest BCUT2D eigenvalue weighted by Crippen LogP contribution is 2.50. The minimum atomic E-state index is -0.648. The van der Waals surface area contributed by atoms with E-state index in [0.29, 0.717) is 30.0 Å². The molecule has 10 rings (SSSR count). The second kappa shape index (κ2) is 11.9. The SMILES string of the molecule is COc1cccc2c1CC[C@@H]2Nc1nccc2cc(-c3c4c(nc(CCc5ccc(C6CC6)cc5)c3-c3noc(=O)[nH]3)[C@H]3CCCN3C4=O)sc12. The molecule has 2 aromatic carbocycles. The number of carbonyl (C=O) groups excluding carboxylic acids is 1. The lowest BCUT2D eigenvalue weighted by molar-refractivity contribution is 0.0776. The number of benzene rings is 2. The number of fused-ring (bicyclic) bond motifs is 5. The summed E-state index contributed by atoms with van der Waals surface area (Å²) in [6.45, 7) is 0.705. The van der Waals surface area contributed by atoms with E-state index in [1.54, 1.807) is 18.4 Å². The molecule has 51 heavy (non-hydrogen) atoms. The molecule has 6 heterocycles. The minimum Gasteiger partial charge on any atom is -0.496 e. The van der Waals surface area contributed by atoms with Gasteiger partial charge in [0.15, 0.2) is 5.82 Å². The molecule has 0 radical (unpaired) electrons. The van der Waals surface area contributed by atoms with Crippen LogP contribution in [0.2, 0.25) is 0 Å². The average Bonchev–Trinajstić information content (AvgIpc) is 3.55. The Balaban J connectivity index is 1.11. The fraction of sp³-hybridized carbons (Fsp3) is 0.325. The van der Waals surface area contributed by atoms with Gasteiger partial charge in [-0.1, -0.05) is 41.6 Å². The molecule has 256 valence electrons. The van der Waals surface area contributed by atoms with Gasteiger partial charge in [-0.25, -0.2) is 9.78 Å². The number of aryl methyl sites for hydroxylation is 2. The number of amides is 1. The van der Waals surface area contributed by atoms with E-state index in [4.69, 9.17) is 19.2 Å². The number of aromatic amines is 1. The zero-order valence-corrected chi connectivity index (χ0v) is 29.0. The van der Waals surface area contributed by atoms with Crippen molar-refractivity contribution in [3.05, 3.63) is 111 Å². The molecule has 2 aliphatic heterocycles. The Morgan fingerprint density at radius 2 is 1.90 bits per heavy atom. The number of nitrogens with one attached hydrogen (secondary N) is 2. The van der Waals surface area contributed by atoms with E-state index in [1.165, 1.54) is 35.1 Å². The van der Waals surface area contributed by atoms with Crippen LogP contribution >= 0.6 is 11.3 Å². The molecule has 0 unspecified atom stereocenters. The fourth-order valence-electron chi connectivity index (χ4n) is 8.52. The van der Waals surface area contributed by atoms with Crippen molar-refractivity contribution in [2.45, 2.75) is 69.4 Å². The third kappa shape index (κ3) is 5.08. The van der Waals surface area contributed by atoms with Gasteiger partial charge in [-0.15, -0.1) is 11.3 Å². The predicted octanol–water partition coefficient (Wildman–Crippen LogP) is 7.76. The molecule has 6 aromatic rings. The van der Waals surface area contributed by atoms with E-state index >= 15 is 0 Å². The number of methoxy groups -OCH3 is 1. The highest BCUT2D eigenvalue weighted by Gasteiger charge is 2.44. The third-order valence-corrected chi connectivity index (χ3v) is 12.3. The van der Waals surface area contributed by atoms with Crippen LogP contribution in [0.1, 0.15) is 94.1 Å². The normalized spacial score (nSPS) is 19.1. The van der Waals surface area contributed by atoms with Crippen molar-refractivity contribution in [1.82, 2.24) is 25.0 Å². The first-order valence-electron chi connectivity index (χ1n) is 17.9. The molecule has 2 aliphatic carbocycles. The van der Waals surface area contributed by atoms with Crippen molar-refractivity contribution in [3.63, 3.8) is 0 Å². The summed E-state index contributed by atoms with van der Waals surface area (Å²) in [6, 6.07) is 19.3. The molecule has 1 amide bonds. The monoisotopic (exact) mass is 696 g/mol. The highest BCUT2D eigenvalue weighted by atomic mass is 32.1. The average molecular weight is 697 g/mol. The molecule has 10 nitrogen and oxygen atoms in total. The predicted molar refractivity (Wildman–Crippen MR) is 195 cm³/mol. The van der Waals surface area contributed by atoms with Gasteiger partial charge >= 0.3 is 5.76 Å². The van der Waals surface area contributed by atoms with Gasteiger partial charge in [-0.3, -0.25) is 19.3 Å². The van der Waals surface area contributed by atoms with Gasteiger partial charge in [0.2, 0.25) is 0 Å². The smallest absolute Gasteiger partial charge is 0.439 e. The van der Waals surface area contributed by atoms with Crippen LogP contribution in [0, 0.1) is 0 Å². The quantitative estimate of drug-likeness (QED) is 0.157. The van der Waals surface area contributed by atoms with Crippen LogP contribution in [0.4, 0.5) is 5.82 Å². The third-order valence-electron chi connectivity index (χ3n) is 11.1. The highest BCUT2D eigenvalue weighted by molar-refractivity contribution is 7.23. The Hall–Kier alpha value is -5.29. The number of carbonyl (C=O) groups is 1. The summed E-state index contributed by atoms with van der Waals surface area (Å²) >= 11 is 1.60. The second-order valence-corrected chi connectivity index (χ2v) is 15.2. The Labute approximate surface area is 297 Å². The molecule has 2 N–H and O–H groups in total. The van der Waals surface area contributed by atoms with Gasteiger partial charge in [0.1, 0.15) is 11.6 Å². The number of nitrogens with zero attached hydrogens (tertiary/aromatic N) is 4. The second-order valence-electron chi connectivity index (χ2n) is 14.1. The van der Waals surface area contributed by atoms with Crippen molar-refractivity contribution in [2.24, 2.45) is 0 Å². The van der Waals surface area contributed by atoms with Crippen molar-refractivity contribution in [3.8, 4) is 27.6 Å². The lowest BCUT2D eigenvalue weighted by atomic mass is 9.92. The number of rotatable bonds is 9. The zero-order valence-electron chi connectivity index (χ0n) is 28.2. The van der Waals surface area contributed by atoms with Gasteiger partial charge < -0.3 is 15.0 Å². The molecule has 4 aliphatic rings. The topological polar surface area (TPSA) is 126 Å². The van der Waals surface area contributed by atoms with Crippen molar-refractivity contribution < 1.29 is 14.1 Å². The number of H-pyrrole nitrogens is 1. The van der Waals surface area contributed by atoms with Crippen LogP contribution in [0.3, 0.4) is 0 Å². The number of anilines is 1. The van der Waals surface area contributed by atoms with E-state index in [9.17, 15) is 9.59 Å². The molecular formula is C40H36N6O4S. The number of aromatic nitrogens is 4. The van der Waals surface area contributed by atoms with Crippen LogP contribution in [0.25, 0.3) is 31.9 Å². The number of ether oxygens (including phenoxy) is 1. The van der Waals surface area contributed by atoms with Gasteiger partial charge in [0, 0.05) is 23.2 Å². The van der Waals surface area contributed by atoms with Crippen molar-refractivity contribution in [1.29, 1.82) is 0 Å². The summed E-state index contributed by atoms with van der Waals surface area (Å²) in [6.07, 6.45) is 9.43. The van der Waals surface area contributed by atoms with Crippen molar-refractivity contribution in [2.75, 3.05) is 19.0 Å². The minimum absolute atomic E-state index is 0.0188. The first kappa shape index (κ1) is 30.5. The Morgan fingerprint density at radius 1 is 1.02 bits per heavy atom. The molecule has 1 saturated carbocycles. The Bertz CT molecular complexity index is 2410. The maximum atomic E-state index is 14.3. The summed E-state index contributed by atoms with van der Waals surface area (Å²) in [5.41, 5.74) is 8.71. The first-order valence-corrected chi connectivity index (χ1v) is 18.7. The Kier molecular flexibility index (Phi) is 7.13.